The van der Waals surface area contributed by atoms with E-state index in [1.54, 1.807) is 0 Å². The Kier molecular flexibility index (Phi) is 7.33. The van der Waals surface area contributed by atoms with Crippen LogP contribution in [-0.2, 0) is 11.2 Å². The molecule has 38 heavy (non-hydrogen) atoms. The largest absolute Gasteiger partial charge is 0.444 e. The third-order valence-electron chi connectivity index (χ3n) is 6.55. The van der Waals surface area contributed by atoms with Gasteiger partial charge in [-0.2, -0.15) is 9.61 Å². The zero-order chi connectivity index (χ0) is 26.7. The fourth-order valence-electron chi connectivity index (χ4n) is 4.83. The maximum atomic E-state index is 12.0. The van der Waals surface area contributed by atoms with E-state index in [2.05, 4.69) is 58.9 Å². The molecule has 0 spiro atoms. The lowest BCUT2D eigenvalue weighted by atomic mass is 10.0. The zero-order valence-electron chi connectivity index (χ0n) is 22.6. The molecular formula is C30H36N6O2. The van der Waals surface area contributed by atoms with Crippen LogP contribution in [0.25, 0.3) is 28.0 Å². The van der Waals surface area contributed by atoms with Crippen molar-refractivity contribution in [3.63, 3.8) is 0 Å². The Labute approximate surface area is 224 Å². The number of aromatic nitrogens is 3. The third kappa shape index (κ3) is 5.81. The maximum absolute atomic E-state index is 12.0. The molecule has 2 N–H and O–H groups in total. The third-order valence-corrected chi connectivity index (χ3v) is 6.55. The van der Waals surface area contributed by atoms with E-state index in [0.29, 0.717) is 13.0 Å². The molecule has 0 saturated carbocycles. The Balaban J connectivity index is 1.50. The predicted octanol–water partition coefficient (Wildman–Crippen LogP) is 4.85. The Morgan fingerprint density at radius 3 is 2.50 bits per heavy atom. The van der Waals surface area contributed by atoms with E-state index in [9.17, 15) is 4.79 Å². The van der Waals surface area contributed by atoms with Crippen molar-refractivity contribution in [1.82, 2.24) is 25.2 Å². The topological polar surface area (TPSA) is 83.8 Å². The number of rotatable bonds is 6. The van der Waals surface area contributed by atoms with Crippen LogP contribution in [0.1, 0.15) is 32.0 Å². The van der Waals surface area contributed by atoms with Gasteiger partial charge in [-0.1, -0.05) is 48.5 Å². The monoisotopic (exact) mass is 512 g/mol. The lowest BCUT2D eigenvalue weighted by Gasteiger charge is -2.29. The van der Waals surface area contributed by atoms with Gasteiger partial charge >= 0.3 is 6.09 Å². The number of piperazine rings is 1. The van der Waals surface area contributed by atoms with E-state index in [1.807, 2.05) is 49.6 Å². The van der Waals surface area contributed by atoms with E-state index in [4.69, 9.17) is 14.8 Å². The molecule has 1 aliphatic rings. The number of aryl methyl sites for hydroxylation is 1. The molecule has 1 fully saturated rings. The van der Waals surface area contributed by atoms with Gasteiger partial charge in [0.2, 0.25) is 0 Å². The smallest absolute Gasteiger partial charge is 0.407 e. The number of benzene rings is 2. The van der Waals surface area contributed by atoms with E-state index in [-0.39, 0.29) is 0 Å². The van der Waals surface area contributed by atoms with E-state index in [1.165, 1.54) is 0 Å². The first-order valence-electron chi connectivity index (χ1n) is 13.3. The molecule has 4 aromatic rings. The van der Waals surface area contributed by atoms with Crippen molar-refractivity contribution in [2.75, 3.05) is 37.6 Å². The zero-order valence-corrected chi connectivity index (χ0v) is 22.6. The van der Waals surface area contributed by atoms with Crippen molar-refractivity contribution in [3.8, 4) is 22.4 Å². The van der Waals surface area contributed by atoms with Crippen LogP contribution in [0, 0.1) is 6.92 Å². The lowest BCUT2D eigenvalue weighted by molar-refractivity contribution is 0.0528. The first kappa shape index (κ1) is 25.7. The minimum Gasteiger partial charge on any atom is -0.444 e. The average molecular weight is 513 g/mol. The van der Waals surface area contributed by atoms with Crippen LogP contribution in [0.4, 0.5) is 10.6 Å². The molecule has 2 aromatic heterocycles. The molecule has 8 nitrogen and oxygen atoms in total. The van der Waals surface area contributed by atoms with Gasteiger partial charge < -0.3 is 20.3 Å². The molecule has 0 atom stereocenters. The summed E-state index contributed by atoms with van der Waals surface area (Å²) in [5.41, 5.74) is 6.54. The van der Waals surface area contributed by atoms with Crippen molar-refractivity contribution in [1.29, 1.82) is 0 Å². The molecule has 0 unspecified atom stereocenters. The Hall–Kier alpha value is -3.91. The standard InChI is InChI=1S/C30H36N6O2/c1-21-27(23-10-6-5-7-11-23)28-33-25(20-26(36(28)34-21)35-17-15-31-16-18-35)24-12-8-9-22(19-24)13-14-32-29(37)38-30(2,3)4/h5-12,19-20,31H,13-18H2,1-4H3,(H,32,37). The second-order valence-corrected chi connectivity index (χ2v) is 10.7. The lowest BCUT2D eigenvalue weighted by Crippen LogP contribution is -2.44. The fourth-order valence-corrected chi connectivity index (χ4v) is 4.83. The maximum Gasteiger partial charge on any atom is 0.407 e. The Morgan fingerprint density at radius 2 is 1.76 bits per heavy atom. The molecule has 198 valence electrons. The molecule has 1 amide bonds. The number of hydrogen-bond donors (Lipinski definition) is 2. The molecule has 0 radical (unpaired) electrons. The SMILES string of the molecule is Cc1nn2c(N3CCNCC3)cc(-c3cccc(CCNC(=O)OC(C)(C)C)c3)nc2c1-c1ccccc1. The van der Waals surface area contributed by atoms with Gasteiger partial charge in [-0.25, -0.2) is 9.78 Å². The number of anilines is 1. The summed E-state index contributed by atoms with van der Waals surface area (Å²) < 4.78 is 7.35. The predicted molar refractivity (Wildman–Crippen MR) is 152 cm³/mol. The summed E-state index contributed by atoms with van der Waals surface area (Å²) in [5.74, 6) is 1.05. The summed E-state index contributed by atoms with van der Waals surface area (Å²) in [6.45, 7) is 11.8. The summed E-state index contributed by atoms with van der Waals surface area (Å²) in [6.07, 6.45) is 0.298. The van der Waals surface area contributed by atoms with E-state index < -0.39 is 11.7 Å². The van der Waals surface area contributed by atoms with Gasteiger partial charge in [-0.3, -0.25) is 0 Å². The normalized spacial score (nSPS) is 14.1. The highest BCUT2D eigenvalue weighted by molar-refractivity contribution is 5.83. The number of carbonyl (C=O) groups excluding carboxylic acids is 1. The van der Waals surface area contributed by atoms with E-state index in [0.717, 1.165) is 71.3 Å². The van der Waals surface area contributed by atoms with Crippen LogP contribution in [0.5, 0.6) is 0 Å². The average Bonchev–Trinajstić information content (AvgIpc) is 3.24. The highest BCUT2D eigenvalue weighted by Crippen LogP contribution is 2.33. The molecule has 1 saturated heterocycles. The summed E-state index contributed by atoms with van der Waals surface area (Å²) in [6, 6.07) is 20.9. The highest BCUT2D eigenvalue weighted by Gasteiger charge is 2.21. The van der Waals surface area contributed by atoms with Crippen molar-refractivity contribution in [3.05, 3.63) is 71.9 Å². The number of alkyl carbamates (subject to hydrolysis) is 1. The Bertz CT molecular complexity index is 1420. The van der Waals surface area contributed by atoms with Gasteiger partial charge in [0.25, 0.3) is 0 Å². The van der Waals surface area contributed by atoms with Crippen LogP contribution in [0.15, 0.2) is 60.7 Å². The van der Waals surface area contributed by atoms with Gasteiger partial charge in [0.05, 0.1) is 11.4 Å². The molecule has 2 aromatic carbocycles. The molecule has 0 aliphatic carbocycles. The van der Waals surface area contributed by atoms with Gasteiger partial charge in [0.15, 0.2) is 5.65 Å². The highest BCUT2D eigenvalue weighted by atomic mass is 16.6. The first-order valence-corrected chi connectivity index (χ1v) is 13.3. The summed E-state index contributed by atoms with van der Waals surface area (Å²) >= 11 is 0. The van der Waals surface area contributed by atoms with Gasteiger partial charge in [-0.05, 0) is 51.3 Å². The second-order valence-electron chi connectivity index (χ2n) is 10.7. The summed E-state index contributed by atoms with van der Waals surface area (Å²) in [4.78, 5) is 19.6. The van der Waals surface area contributed by atoms with E-state index >= 15 is 0 Å². The number of fused-ring (bicyclic) bond motifs is 1. The first-order chi connectivity index (χ1) is 18.3. The molecule has 3 heterocycles. The molecule has 1 aliphatic heterocycles. The quantitative estimate of drug-likeness (QED) is 0.384. The molecular weight excluding hydrogens is 476 g/mol. The van der Waals surface area contributed by atoms with Crippen molar-refractivity contribution in [2.24, 2.45) is 0 Å². The minimum absolute atomic E-state index is 0.397. The van der Waals surface area contributed by atoms with Gasteiger partial charge in [-0.15, -0.1) is 0 Å². The molecule has 8 heteroatoms. The second kappa shape index (κ2) is 10.8. The summed E-state index contributed by atoms with van der Waals surface area (Å²) in [7, 11) is 0. The fraction of sp³-hybridized carbons (Fsp3) is 0.367. The minimum atomic E-state index is -0.513. The number of carbonyl (C=O) groups is 1. The van der Waals surface area contributed by atoms with Crippen LogP contribution >= 0.6 is 0 Å². The number of nitrogens with one attached hydrogen (secondary N) is 2. The summed E-state index contributed by atoms with van der Waals surface area (Å²) in [5, 5.41) is 11.2. The van der Waals surface area contributed by atoms with Gasteiger partial charge in [0, 0.05) is 49.9 Å². The van der Waals surface area contributed by atoms with Crippen molar-refractivity contribution < 1.29 is 9.53 Å². The molecule has 0 bridgehead atoms. The number of ether oxygens (including phenoxy) is 1. The Morgan fingerprint density at radius 1 is 1.03 bits per heavy atom. The van der Waals surface area contributed by atoms with Crippen LogP contribution in [0.3, 0.4) is 0 Å². The van der Waals surface area contributed by atoms with Crippen LogP contribution in [-0.4, -0.2) is 59.0 Å². The number of amides is 1. The van der Waals surface area contributed by atoms with Crippen LogP contribution in [0.2, 0.25) is 0 Å². The number of nitrogens with zero attached hydrogens (tertiary/aromatic N) is 4. The van der Waals surface area contributed by atoms with Crippen molar-refractivity contribution >= 4 is 17.6 Å². The molecule has 5 rings (SSSR count). The van der Waals surface area contributed by atoms with Crippen molar-refractivity contribution in [2.45, 2.75) is 39.7 Å². The van der Waals surface area contributed by atoms with Gasteiger partial charge in [0.1, 0.15) is 11.4 Å². The number of hydrogen-bond acceptors (Lipinski definition) is 6. The van der Waals surface area contributed by atoms with Crippen LogP contribution < -0.4 is 15.5 Å².